The van der Waals surface area contributed by atoms with Gasteiger partial charge in [0.05, 0.1) is 24.9 Å². The number of fused-ring (bicyclic) bond motifs is 1. The summed E-state index contributed by atoms with van der Waals surface area (Å²) < 4.78 is 21.4. The second-order valence-corrected chi connectivity index (χ2v) is 8.19. The van der Waals surface area contributed by atoms with Crippen LogP contribution in [0.1, 0.15) is 24.6 Å². The van der Waals surface area contributed by atoms with Crippen molar-refractivity contribution in [3.05, 3.63) is 70.9 Å². The largest absolute Gasteiger partial charge is 0.394 e. The molecular formula is C22H25FO3S. The van der Waals surface area contributed by atoms with Gasteiger partial charge in [-0.2, -0.15) is 0 Å². The quantitative estimate of drug-likeness (QED) is 0.705. The molecule has 1 aromatic carbocycles. The molecule has 1 unspecified atom stereocenters. The van der Waals surface area contributed by atoms with Gasteiger partial charge < -0.3 is 14.9 Å². The summed E-state index contributed by atoms with van der Waals surface area (Å²) in [4.78, 5) is 1.13. The SMILES string of the molecule is C=C(/C=C\C(F)=C(/C)Cc1cc2ccccc2s1)[C@H]1C[C@@H](O)CC(CO)O1. The van der Waals surface area contributed by atoms with Crippen molar-refractivity contribution in [1.82, 2.24) is 0 Å². The predicted octanol–water partition coefficient (Wildman–Crippen LogP) is 4.70. The highest BCUT2D eigenvalue weighted by atomic mass is 32.1. The standard InChI is InChI=1S/C22H25FO3S/c1-14(21-12-17(25)11-18(13-24)26-21)7-8-20(23)15(2)9-19-10-16-5-3-4-6-22(16)27-19/h3-8,10,17-18,21,24-25H,1,9,11-13H2,2H3/b8-7-,20-15-/t17-,18?,21+/m0/s1. The van der Waals surface area contributed by atoms with Crippen molar-refractivity contribution in [3.8, 4) is 0 Å². The highest BCUT2D eigenvalue weighted by Crippen LogP contribution is 2.28. The smallest absolute Gasteiger partial charge is 0.122 e. The van der Waals surface area contributed by atoms with E-state index in [1.807, 2.05) is 12.1 Å². The lowest BCUT2D eigenvalue weighted by Gasteiger charge is -2.32. The molecule has 2 N–H and O–H groups in total. The summed E-state index contributed by atoms with van der Waals surface area (Å²) in [7, 11) is 0. The molecule has 1 fully saturated rings. The van der Waals surface area contributed by atoms with E-state index in [0.29, 0.717) is 30.4 Å². The van der Waals surface area contributed by atoms with Crippen molar-refractivity contribution in [2.75, 3.05) is 6.61 Å². The summed E-state index contributed by atoms with van der Waals surface area (Å²) in [5, 5.41) is 20.3. The Labute approximate surface area is 163 Å². The van der Waals surface area contributed by atoms with Crippen LogP contribution in [0, 0.1) is 0 Å². The molecule has 0 bridgehead atoms. The first kappa shape index (κ1) is 20.0. The van der Waals surface area contributed by atoms with Gasteiger partial charge >= 0.3 is 0 Å². The number of thiophene rings is 1. The molecule has 3 atom stereocenters. The number of benzene rings is 1. The second-order valence-electron chi connectivity index (χ2n) is 7.02. The van der Waals surface area contributed by atoms with Gasteiger partial charge in [0.15, 0.2) is 0 Å². The van der Waals surface area contributed by atoms with Crippen molar-refractivity contribution in [3.63, 3.8) is 0 Å². The van der Waals surface area contributed by atoms with E-state index in [2.05, 4.69) is 24.8 Å². The summed E-state index contributed by atoms with van der Waals surface area (Å²) in [5.74, 6) is -0.288. The molecule has 2 heterocycles. The molecule has 3 nitrogen and oxygen atoms in total. The summed E-state index contributed by atoms with van der Waals surface area (Å²) in [6, 6.07) is 10.2. The number of hydrogen-bond donors (Lipinski definition) is 2. The average Bonchev–Trinajstić information content (AvgIpc) is 3.07. The molecule has 5 heteroatoms. The minimum Gasteiger partial charge on any atom is -0.394 e. The zero-order valence-electron chi connectivity index (χ0n) is 15.4. The highest BCUT2D eigenvalue weighted by Gasteiger charge is 2.28. The Balaban J connectivity index is 1.65. The van der Waals surface area contributed by atoms with Crippen LogP contribution in [0.25, 0.3) is 10.1 Å². The van der Waals surface area contributed by atoms with E-state index in [4.69, 9.17) is 4.74 Å². The monoisotopic (exact) mass is 388 g/mol. The summed E-state index contributed by atoms with van der Waals surface area (Å²) >= 11 is 1.68. The lowest BCUT2D eigenvalue weighted by Crippen LogP contribution is -2.38. The van der Waals surface area contributed by atoms with Crippen LogP contribution >= 0.6 is 11.3 Å². The molecule has 144 valence electrons. The van der Waals surface area contributed by atoms with Gasteiger partial charge in [-0.3, -0.25) is 0 Å². The molecule has 27 heavy (non-hydrogen) atoms. The van der Waals surface area contributed by atoms with E-state index in [1.54, 1.807) is 24.3 Å². The van der Waals surface area contributed by atoms with Gasteiger partial charge in [0, 0.05) is 28.8 Å². The van der Waals surface area contributed by atoms with Gasteiger partial charge in [-0.15, -0.1) is 11.3 Å². The summed E-state index contributed by atoms with van der Waals surface area (Å²) in [5.41, 5.74) is 1.25. The number of halogens is 1. The van der Waals surface area contributed by atoms with E-state index in [-0.39, 0.29) is 12.4 Å². The van der Waals surface area contributed by atoms with Crippen LogP contribution in [0.4, 0.5) is 4.39 Å². The zero-order chi connectivity index (χ0) is 19.4. The molecule has 0 amide bonds. The topological polar surface area (TPSA) is 49.7 Å². The number of rotatable bonds is 6. The van der Waals surface area contributed by atoms with Gasteiger partial charge in [0.1, 0.15) is 5.83 Å². The zero-order valence-corrected chi connectivity index (χ0v) is 16.2. The van der Waals surface area contributed by atoms with Gasteiger partial charge in [-0.05, 0) is 41.7 Å². The van der Waals surface area contributed by atoms with Crippen molar-refractivity contribution in [2.24, 2.45) is 0 Å². The Hall–Kier alpha value is -1.79. The molecule has 0 radical (unpaired) electrons. The third-order valence-corrected chi connectivity index (χ3v) is 5.88. The molecule has 2 aromatic rings. The fraction of sp³-hybridized carbons (Fsp3) is 0.364. The maximum absolute atomic E-state index is 14.5. The number of ether oxygens (including phenoxy) is 1. The predicted molar refractivity (Wildman–Crippen MR) is 109 cm³/mol. The number of aliphatic hydroxyl groups excluding tert-OH is 2. The second kappa shape index (κ2) is 8.93. The molecule has 3 rings (SSSR count). The minimum atomic E-state index is -0.541. The van der Waals surface area contributed by atoms with E-state index in [9.17, 15) is 14.6 Å². The fourth-order valence-electron chi connectivity index (χ4n) is 3.25. The lowest BCUT2D eigenvalue weighted by atomic mass is 9.96. The Morgan fingerprint density at radius 2 is 2.11 bits per heavy atom. The Morgan fingerprint density at radius 1 is 1.33 bits per heavy atom. The van der Waals surface area contributed by atoms with Gasteiger partial charge in [-0.1, -0.05) is 30.9 Å². The van der Waals surface area contributed by atoms with Gasteiger partial charge in [0.2, 0.25) is 0 Å². The lowest BCUT2D eigenvalue weighted by molar-refractivity contribution is -0.0962. The van der Waals surface area contributed by atoms with Crippen LogP contribution in [0.3, 0.4) is 0 Å². The Morgan fingerprint density at radius 3 is 2.85 bits per heavy atom. The highest BCUT2D eigenvalue weighted by molar-refractivity contribution is 7.19. The first-order chi connectivity index (χ1) is 13.0. The Bertz CT molecular complexity index is 834. The maximum Gasteiger partial charge on any atom is 0.122 e. The number of allylic oxidation sites excluding steroid dienone is 3. The first-order valence-electron chi connectivity index (χ1n) is 9.10. The molecular weight excluding hydrogens is 363 g/mol. The van der Waals surface area contributed by atoms with E-state index in [0.717, 1.165) is 4.88 Å². The molecule has 1 aliphatic rings. The molecule has 0 saturated carbocycles. The van der Waals surface area contributed by atoms with E-state index < -0.39 is 18.3 Å². The van der Waals surface area contributed by atoms with Crippen LogP contribution in [0.5, 0.6) is 0 Å². The number of hydrogen-bond acceptors (Lipinski definition) is 4. The molecule has 1 saturated heterocycles. The van der Waals surface area contributed by atoms with Crippen LogP contribution < -0.4 is 0 Å². The molecule has 1 aromatic heterocycles. The summed E-state index contributed by atoms with van der Waals surface area (Å²) in [6.45, 7) is 5.58. The van der Waals surface area contributed by atoms with Crippen LogP contribution in [-0.4, -0.2) is 35.1 Å². The minimum absolute atomic E-state index is 0.146. The normalized spacial score (nSPS) is 24.4. The number of aliphatic hydroxyl groups is 2. The van der Waals surface area contributed by atoms with Crippen molar-refractivity contribution in [2.45, 2.75) is 44.5 Å². The van der Waals surface area contributed by atoms with Crippen molar-refractivity contribution in [1.29, 1.82) is 0 Å². The maximum atomic E-state index is 14.5. The van der Waals surface area contributed by atoms with Crippen LogP contribution in [-0.2, 0) is 11.2 Å². The Kier molecular flexibility index (Phi) is 6.60. The third kappa shape index (κ3) is 5.14. The van der Waals surface area contributed by atoms with Crippen molar-refractivity contribution < 1.29 is 19.3 Å². The summed E-state index contributed by atoms with van der Waals surface area (Å²) in [6.07, 6.45) is 3.04. The van der Waals surface area contributed by atoms with Crippen LogP contribution in [0.15, 0.2) is 66.0 Å². The fourth-order valence-corrected chi connectivity index (χ4v) is 4.39. The first-order valence-corrected chi connectivity index (χ1v) is 9.92. The van der Waals surface area contributed by atoms with Gasteiger partial charge in [-0.25, -0.2) is 4.39 Å². The third-order valence-electron chi connectivity index (χ3n) is 4.76. The average molecular weight is 389 g/mol. The molecule has 0 spiro atoms. The van der Waals surface area contributed by atoms with E-state index in [1.165, 1.54) is 16.2 Å². The van der Waals surface area contributed by atoms with E-state index >= 15 is 0 Å². The van der Waals surface area contributed by atoms with Crippen LogP contribution in [0.2, 0.25) is 0 Å². The van der Waals surface area contributed by atoms with Crippen molar-refractivity contribution >= 4 is 21.4 Å². The van der Waals surface area contributed by atoms with Gasteiger partial charge in [0.25, 0.3) is 0 Å². The molecule has 1 aliphatic heterocycles. The molecule has 0 aliphatic carbocycles.